The SMILES string of the molecule is C/C(=N/c1ccccc1N(C)C)c1ccc(C)cc1. The zero-order valence-corrected chi connectivity index (χ0v) is 12.0. The molecule has 2 nitrogen and oxygen atoms in total. The summed E-state index contributed by atoms with van der Waals surface area (Å²) in [6.45, 7) is 4.15. The molecule has 2 rings (SSSR count). The Bertz CT molecular complexity index is 580. The van der Waals surface area contributed by atoms with Crippen LogP contribution in [0.2, 0.25) is 0 Å². The average Bonchev–Trinajstić information content (AvgIpc) is 2.39. The minimum absolute atomic E-state index is 1.01. The van der Waals surface area contributed by atoms with E-state index < -0.39 is 0 Å². The molecule has 2 heteroatoms. The molecule has 0 fully saturated rings. The van der Waals surface area contributed by atoms with Gasteiger partial charge in [-0.05, 0) is 31.5 Å². The highest BCUT2D eigenvalue weighted by molar-refractivity contribution is 6.01. The second-order valence-electron chi connectivity index (χ2n) is 4.95. The van der Waals surface area contributed by atoms with Crippen LogP contribution in [0.1, 0.15) is 18.1 Å². The highest BCUT2D eigenvalue weighted by Gasteiger charge is 2.03. The van der Waals surface area contributed by atoms with E-state index >= 15 is 0 Å². The Labute approximate surface area is 115 Å². The van der Waals surface area contributed by atoms with Crippen LogP contribution in [0.4, 0.5) is 11.4 Å². The quantitative estimate of drug-likeness (QED) is 0.747. The van der Waals surface area contributed by atoms with Gasteiger partial charge in [-0.15, -0.1) is 0 Å². The molecule has 98 valence electrons. The van der Waals surface area contributed by atoms with E-state index in [0.717, 1.165) is 17.1 Å². The van der Waals surface area contributed by atoms with Crippen molar-refractivity contribution in [3.8, 4) is 0 Å². The maximum atomic E-state index is 4.76. The van der Waals surface area contributed by atoms with Crippen LogP contribution < -0.4 is 4.90 Å². The Morgan fingerprint density at radius 1 is 0.947 bits per heavy atom. The fourth-order valence-corrected chi connectivity index (χ4v) is 1.98. The molecule has 0 heterocycles. The van der Waals surface area contributed by atoms with Crippen molar-refractivity contribution in [1.29, 1.82) is 0 Å². The Hall–Kier alpha value is -2.09. The van der Waals surface area contributed by atoms with Crippen molar-refractivity contribution in [1.82, 2.24) is 0 Å². The van der Waals surface area contributed by atoms with E-state index in [9.17, 15) is 0 Å². The summed E-state index contributed by atoms with van der Waals surface area (Å²) in [6, 6.07) is 16.7. The van der Waals surface area contributed by atoms with Gasteiger partial charge in [-0.2, -0.15) is 0 Å². The molecule has 0 aliphatic rings. The van der Waals surface area contributed by atoms with Crippen molar-refractivity contribution in [2.24, 2.45) is 4.99 Å². The number of hydrogen-bond donors (Lipinski definition) is 0. The molecule has 0 aliphatic heterocycles. The first-order chi connectivity index (χ1) is 9.08. The molecule has 0 saturated carbocycles. The minimum Gasteiger partial charge on any atom is -0.376 e. The van der Waals surface area contributed by atoms with E-state index in [4.69, 9.17) is 4.99 Å². The highest BCUT2D eigenvalue weighted by Crippen LogP contribution is 2.27. The van der Waals surface area contributed by atoms with Crippen LogP contribution in [0.3, 0.4) is 0 Å². The molecule has 0 spiro atoms. The zero-order chi connectivity index (χ0) is 13.8. The van der Waals surface area contributed by atoms with E-state index in [0.29, 0.717) is 0 Å². The largest absolute Gasteiger partial charge is 0.376 e. The van der Waals surface area contributed by atoms with Gasteiger partial charge in [-0.25, -0.2) is 0 Å². The van der Waals surface area contributed by atoms with Gasteiger partial charge in [0.2, 0.25) is 0 Å². The third-order valence-corrected chi connectivity index (χ3v) is 3.12. The summed E-state index contributed by atoms with van der Waals surface area (Å²) in [4.78, 5) is 6.84. The van der Waals surface area contributed by atoms with Crippen LogP contribution >= 0.6 is 0 Å². The lowest BCUT2D eigenvalue weighted by Crippen LogP contribution is -2.08. The summed E-state index contributed by atoms with van der Waals surface area (Å²) < 4.78 is 0. The van der Waals surface area contributed by atoms with E-state index in [1.807, 2.05) is 32.3 Å². The molecule has 2 aromatic carbocycles. The van der Waals surface area contributed by atoms with E-state index in [1.54, 1.807) is 0 Å². The van der Waals surface area contributed by atoms with Gasteiger partial charge in [0.25, 0.3) is 0 Å². The summed E-state index contributed by atoms with van der Waals surface area (Å²) >= 11 is 0. The molecule has 19 heavy (non-hydrogen) atoms. The van der Waals surface area contributed by atoms with E-state index in [1.165, 1.54) is 11.1 Å². The van der Waals surface area contributed by atoms with Gasteiger partial charge < -0.3 is 4.90 Å². The predicted molar refractivity (Wildman–Crippen MR) is 83.8 cm³/mol. The number of nitrogens with zero attached hydrogens (tertiary/aromatic N) is 2. The Balaban J connectivity index is 2.38. The number of benzene rings is 2. The van der Waals surface area contributed by atoms with Crippen molar-refractivity contribution in [3.05, 3.63) is 59.7 Å². The van der Waals surface area contributed by atoms with Gasteiger partial charge in [0.1, 0.15) is 0 Å². The summed E-state index contributed by atoms with van der Waals surface area (Å²) in [5.41, 5.74) is 5.61. The van der Waals surface area contributed by atoms with Gasteiger partial charge in [-0.1, -0.05) is 42.0 Å². The van der Waals surface area contributed by atoms with Crippen LogP contribution in [0.25, 0.3) is 0 Å². The first-order valence-electron chi connectivity index (χ1n) is 6.46. The highest BCUT2D eigenvalue weighted by atomic mass is 15.1. The topological polar surface area (TPSA) is 15.6 Å². The summed E-state index contributed by atoms with van der Waals surface area (Å²) in [5, 5.41) is 0. The zero-order valence-electron chi connectivity index (χ0n) is 12.0. The first kappa shape index (κ1) is 13.3. The van der Waals surface area contributed by atoms with E-state index in [2.05, 4.69) is 49.1 Å². The van der Waals surface area contributed by atoms with Crippen LogP contribution in [0.5, 0.6) is 0 Å². The fourth-order valence-electron chi connectivity index (χ4n) is 1.98. The normalized spacial score (nSPS) is 11.5. The number of anilines is 1. The predicted octanol–water partition coefficient (Wildman–Crippen LogP) is 4.20. The summed E-state index contributed by atoms with van der Waals surface area (Å²) in [6.07, 6.45) is 0. The summed E-state index contributed by atoms with van der Waals surface area (Å²) in [7, 11) is 4.07. The van der Waals surface area contributed by atoms with Gasteiger partial charge >= 0.3 is 0 Å². The minimum atomic E-state index is 1.01. The molecule has 0 aliphatic carbocycles. The molecule has 0 bridgehead atoms. The Kier molecular flexibility index (Phi) is 4.00. The molecule has 2 aromatic rings. The van der Waals surface area contributed by atoms with Crippen molar-refractivity contribution in [3.63, 3.8) is 0 Å². The number of hydrogen-bond acceptors (Lipinski definition) is 2. The van der Waals surface area contributed by atoms with Crippen LogP contribution in [0.15, 0.2) is 53.5 Å². The lowest BCUT2D eigenvalue weighted by atomic mass is 10.1. The monoisotopic (exact) mass is 252 g/mol. The third kappa shape index (κ3) is 3.22. The molecular formula is C17H20N2. The maximum absolute atomic E-state index is 4.76. The molecule has 0 atom stereocenters. The van der Waals surface area contributed by atoms with Crippen LogP contribution in [-0.2, 0) is 0 Å². The number of rotatable bonds is 3. The summed E-state index contributed by atoms with van der Waals surface area (Å²) in [5.74, 6) is 0. The fraction of sp³-hybridized carbons (Fsp3) is 0.235. The lowest BCUT2D eigenvalue weighted by Gasteiger charge is -2.15. The second kappa shape index (κ2) is 5.70. The van der Waals surface area contributed by atoms with Crippen LogP contribution in [-0.4, -0.2) is 19.8 Å². The van der Waals surface area contributed by atoms with Gasteiger partial charge in [0.15, 0.2) is 0 Å². The average molecular weight is 252 g/mol. The number of para-hydroxylation sites is 2. The smallest absolute Gasteiger partial charge is 0.0866 e. The van der Waals surface area contributed by atoms with Crippen molar-refractivity contribution in [2.45, 2.75) is 13.8 Å². The molecule has 0 aromatic heterocycles. The standard InChI is InChI=1S/C17H20N2/c1-13-9-11-15(12-10-13)14(2)18-16-7-5-6-8-17(16)19(3)4/h5-12H,1-4H3/b18-14-. The number of aliphatic imine (C=N–C) groups is 1. The van der Waals surface area contributed by atoms with Crippen molar-refractivity contribution < 1.29 is 0 Å². The van der Waals surface area contributed by atoms with Gasteiger partial charge in [0, 0.05) is 19.8 Å². The van der Waals surface area contributed by atoms with Crippen LogP contribution in [0, 0.1) is 6.92 Å². The first-order valence-corrected chi connectivity index (χ1v) is 6.46. The van der Waals surface area contributed by atoms with Gasteiger partial charge in [-0.3, -0.25) is 4.99 Å². The molecule has 0 N–H and O–H groups in total. The maximum Gasteiger partial charge on any atom is 0.0866 e. The molecule has 0 radical (unpaired) electrons. The van der Waals surface area contributed by atoms with E-state index in [-0.39, 0.29) is 0 Å². The second-order valence-corrected chi connectivity index (χ2v) is 4.95. The van der Waals surface area contributed by atoms with Crippen molar-refractivity contribution in [2.75, 3.05) is 19.0 Å². The van der Waals surface area contributed by atoms with Gasteiger partial charge in [0.05, 0.1) is 11.4 Å². The Morgan fingerprint density at radius 2 is 1.58 bits per heavy atom. The Morgan fingerprint density at radius 3 is 2.21 bits per heavy atom. The molecular weight excluding hydrogens is 232 g/mol. The lowest BCUT2D eigenvalue weighted by molar-refractivity contribution is 1.13. The third-order valence-electron chi connectivity index (χ3n) is 3.12. The molecule has 0 amide bonds. The van der Waals surface area contributed by atoms with Crippen molar-refractivity contribution >= 4 is 17.1 Å². The molecule has 0 unspecified atom stereocenters. The molecule has 0 saturated heterocycles. The number of aryl methyl sites for hydroxylation is 1.